The van der Waals surface area contributed by atoms with Gasteiger partial charge in [-0.2, -0.15) is 4.98 Å². The molecule has 0 unspecified atom stereocenters. The number of aromatic nitrogens is 3. The highest BCUT2D eigenvalue weighted by Crippen LogP contribution is 2.00. The van der Waals surface area contributed by atoms with Crippen LogP contribution in [-0.2, 0) is 4.79 Å². The third kappa shape index (κ3) is 1.44. The van der Waals surface area contributed by atoms with Crippen molar-refractivity contribution in [3.63, 3.8) is 0 Å². The highest BCUT2D eigenvalue weighted by atomic mass is 16.5. The highest BCUT2D eigenvalue weighted by Gasteiger charge is 2.01. The molecule has 0 saturated carbocycles. The molecular weight excluding hydrogens is 136 g/mol. The summed E-state index contributed by atoms with van der Waals surface area (Å²) in [6, 6.07) is 0.0185. The number of ether oxygens (including phenoxy) is 1. The van der Waals surface area contributed by atoms with Crippen molar-refractivity contribution >= 4 is 11.9 Å². The Morgan fingerprint density at radius 1 is 1.80 bits per heavy atom. The van der Waals surface area contributed by atoms with Crippen molar-refractivity contribution in [3.05, 3.63) is 0 Å². The molecule has 6 nitrogen and oxygen atoms in total. The summed E-state index contributed by atoms with van der Waals surface area (Å²) in [5.41, 5.74) is 5.11. The van der Waals surface area contributed by atoms with Crippen molar-refractivity contribution in [2.75, 3.05) is 5.73 Å². The molecule has 6 heteroatoms. The predicted octanol–water partition coefficient (Wildman–Crippen LogP) is -0.688. The summed E-state index contributed by atoms with van der Waals surface area (Å²) in [5, 5.41) is 5.74. The van der Waals surface area contributed by atoms with Crippen molar-refractivity contribution in [1.29, 1.82) is 0 Å². The summed E-state index contributed by atoms with van der Waals surface area (Å²) in [6.07, 6.45) is 0. The first-order valence-corrected chi connectivity index (χ1v) is 2.55. The van der Waals surface area contributed by atoms with E-state index in [9.17, 15) is 4.79 Å². The fraction of sp³-hybridized carbons (Fsp3) is 0.250. The molecule has 0 aliphatic heterocycles. The third-order valence-corrected chi connectivity index (χ3v) is 0.723. The molecule has 3 N–H and O–H groups in total. The molecule has 0 aromatic carbocycles. The van der Waals surface area contributed by atoms with Gasteiger partial charge in [-0.3, -0.25) is 4.79 Å². The second kappa shape index (κ2) is 2.34. The summed E-state index contributed by atoms with van der Waals surface area (Å²) >= 11 is 0. The van der Waals surface area contributed by atoms with Crippen LogP contribution < -0.4 is 10.5 Å². The number of carbonyl (C=O) groups excluding carboxylic acids is 1. The summed E-state index contributed by atoms with van der Waals surface area (Å²) < 4.78 is 4.49. The second-order valence-electron chi connectivity index (χ2n) is 1.59. The van der Waals surface area contributed by atoms with E-state index in [2.05, 4.69) is 19.9 Å². The Morgan fingerprint density at radius 3 is 2.90 bits per heavy atom. The van der Waals surface area contributed by atoms with E-state index < -0.39 is 5.97 Å². The number of esters is 1. The summed E-state index contributed by atoms with van der Waals surface area (Å²) in [5.74, 6) is -0.410. The number of carbonyl (C=O) groups is 1. The first-order chi connectivity index (χ1) is 4.68. The molecule has 0 amide bonds. The molecule has 1 aromatic heterocycles. The summed E-state index contributed by atoms with van der Waals surface area (Å²) in [6.45, 7) is 1.26. The van der Waals surface area contributed by atoms with Gasteiger partial charge in [0.2, 0.25) is 5.95 Å². The van der Waals surface area contributed by atoms with Crippen LogP contribution in [0.5, 0.6) is 6.01 Å². The van der Waals surface area contributed by atoms with Crippen molar-refractivity contribution in [2.24, 2.45) is 0 Å². The first-order valence-electron chi connectivity index (χ1n) is 2.55. The van der Waals surface area contributed by atoms with Crippen molar-refractivity contribution in [2.45, 2.75) is 6.92 Å². The van der Waals surface area contributed by atoms with Crippen LogP contribution >= 0.6 is 0 Å². The molecule has 0 aliphatic carbocycles. The normalized spacial score (nSPS) is 9.30. The molecule has 1 rings (SSSR count). The number of nitrogens with two attached hydrogens (primary N) is 1. The van der Waals surface area contributed by atoms with Gasteiger partial charge < -0.3 is 10.5 Å². The highest BCUT2D eigenvalue weighted by molar-refractivity contribution is 5.68. The van der Waals surface area contributed by atoms with Gasteiger partial charge in [0.05, 0.1) is 0 Å². The number of aromatic amines is 1. The zero-order valence-electron chi connectivity index (χ0n) is 5.29. The SMILES string of the molecule is CC(=O)Oc1nc(N)n[nH]1. The van der Waals surface area contributed by atoms with Crippen LogP contribution in [-0.4, -0.2) is 21.2 Å². The molecule has 54 valence electrons. The van der Waals surface area contributed by atoms with E-state index in [0.717, 1.165) is 0 Å². The van der Waals surface area contributed by atoms with Gasteiger partial charge in [-0.25, -0.2) is 5.10 Å². The maximum atomic E-state index is 10.3. The average Bonchev–Trinajstić information content (AvgIpc) is 2.13. The number of hydrogen-bond donors (Lipinski definition) is 2. The van der Waals surface area contributed by atoms with Crippen LogP contribution in [0.3, 0.4) is 0 Å². The maximum Gasteiger partial charge on any atom is 0.321 e. The van der Waals surface area contributed by atoms with Crippen LogP contribution in [0.1, 0.15) is 6.92 Å². The number of nitrogens with zero attached hydrogens (tertiary/aromatic N) is 2. The maximum absolute atomic E-state index is 10.3. The Kier molecular flexibility index (Phi) is 1.53. The molecule has 0 fully saturated rings. The van der Waals surface area contributed by atoms with E-state index in [1.807, 2.05) is 0 Å². The topological polar surface area (TPSA) is 93.9 Å². The molecule has 1 aromatic rings. The number of rotatable bonds is 1. The Bertz CT molecular complexity index is 243. The lowest BCUT2D eigenvalue weighted by Crippen LogP contribution is -2.02. The minimum Gasteiger partial charge on any atom is -0.391 e. The lowest BCUT2D eigenvalue weighted by Gasteiger charge is -1.89. The van der Waals surface area contributed by atoms with Crippen LogP contribution in [0.4, 0.5) is 5.95 Å². The quantitative estimate of drug-likeness (QED) is 0.506. The molecule has 0 saturated heterocycles. The van der Waals surface area contributed by atoms with Crippen molar-refractivity contribution in [1.82, 2.24) is 15.2 Å². The Balaban J connectivity index is 2.67. The monoisotopic (exact) mass is 142 g/mol. The molecule has 0 radical (unpaired) electrons. The van der Waals surface area contributed by atoms with Gasteiger partial charge in [-0.05, 0) is 0 Å². The number of hydrogen-bond acceptors (Lipinski definition) is 5. The molecule has 0 bridgehead atoms. The largest absolute Gasteiger partial charge is 0.391 e. The van der Waals surface area contributed by atoms with Gasteiger partial charge in [0.15, 0.2) is 0 Å². The average molecular weight is 142 g/mol. The molecule has 0 aliphatic rings. The van der Waals surface area contributed by atoms with Crippen LogP contribution in [0, 0.1) is 0 Å². The van der Waals surface area contributed by atoms with Gasteiger partial charge in [0, 0.05) is 6.92 Å². The minimum atomic E-state index is -0.462. The van der Waals surface area contributed by atoms with Crippen LogP contribution in [0.15, 0.2) is 0 Å². The second-order valence-corrected chi connectivity index (χ2v) is 1.59. The fourth-order valence-corrected chi connectivity index (χ4v) is 0.441. The van der Waals surface area contributed by atoms with Crippen molar-refractivity contribution < 1.29 is 9.53 Å². The van der Waals surface area contributed by atoms with Crippen LogP contribution in [0.25, 0.3) is 0 Å². The van der Waals surface area contributed by atoms with Gasteiger partial charge >= 0.3 is 12.0 Å². The van der Waals surface area contributed by atoms with E-state index >= 15 is 0 Å². The van der Waals surface area contributed by atoms with Gasteiger partial charge in [-0.1, -0.05) is 0 Å². The molecule has 0 spiro atoms. The Hall–Kier alpha value is -1.59. The molecule has 10 heavy (non-hydrogen) atoms. The molecular formula is C4H6N4O2. The zero-order chi connectivity index (χ0) is 7.56. The molecule has 1 heterocycles. The zero-order valence-corrected chi connectivity index (χ0v) is 5.29. The number of nitrogens with one attached hydrogen (secondary N) is 1. The number of H-pyrrole nitrogens is 1. The standard InChI is InChI=1S/C4H6N4O2/c1-2(9)10-4-6-3(5)7-8-4/h1H3,(H3,5,6,7,8). The van der Waals surface area contributed by atoms with E-state index in [-0.39, 0.29) is 12.0 Å². The van der Waals surface area contributed by atoms with E-state index in [4.69, 9.17) is 5.73 Å². The Labute approximate surface area is 56.4 Å². The summed E-state index contributed by atoms with van der Waals surface area (Å²) in [4.78, 5) is 13.8. The number of nitrogen functional groups attached to an aromatic ring is 1. The van der Waals surface area contributed by atoms with E-state index in [0.29, 0.717) is 0 Å². The fourth-order valence-electron chi connectivity index (χ4n) is 0.441. The van der Waals surface area contributed by atoms with Gasteiger partial charge in [0.1, 0.15) is 0 Å². The van der Waals surface area contributed by atoms with E-state index in [1.54, 1.807) is 0 Å². The van der Waals surface area contributed by atoms with Gasteiger partial charge in [-0.15, -0.1) is 5.10 Å². The van der Waals surface area contributed by atoms with Crippen LogP contribution in [0.2, 0.25) is 0 Å². The van der Waals surface area contributed by atoms with Crippen molar-refractivity contribution in [3.8, 4) is 6.01 Å². The third-order valence-electron chi connectivity index (χ3n) is 0.723. The molecule has 0 atom stereocenters. The number of anilines is 1. The van der Waals surface area contributed by atoms with E-state index in [1.165, 1.54) is 6.92 Å². The lowest BCUT2D eigenvalue weighted by molar-refractivity contribution is -0.132. The first kappa shape index (κ1) is 6.53. The Morgan fingerprint density at radius 2 is 2.50 bits per heavy atom. The summed E-state index contributed by atoms with van der Waals surface area (Å²) in [7, 11) is 0. The predicted molar refractivity (Wildman–Crippen MR) is 32.1 cm³/mol. The van der Waals surface area contributed by atoms with Gasteiger partial charge in [0.25, 0.3) is 0 Å². The lowest BCUT2D eigenvalue weighted by atomic mass is 10.8. The minimum absolute atomic E-state index is 0.0185. The smallest absolute Gasteiger partial charge is 0.321 e.